The lowest BCUT2D eigenvalue weighted by molar-refractivity contribution is 0.199. The van der Waals surface area contributed by atoms with E-state index in [1.165, 1.54) is 6.07 Å². The molecule has 0 saturated heterocycles. The van der Waals surface area contributed by atoms with E-state index in [1.807, 2.05) is 18.2 Å². The lowest BCUT2D eigenvalue weighted by atomic mass is 10.2. The zero-order chi connectivity index (χ0) is 15.8. The van der Waals surface area contributed by atoms with Gasteiger partial charge in [-0.2, -0.15) is 0 Å². The fraction of sp³-hybridized carbons (Fsp3) is 0.294. The van der Waals surface area contributed by atoms with Crippen molar-refractivity contribution in [2.75, 3.05) is 20.3 Å². The zero-order valence-corrected chi connectivity index (χ0v) is 14.0. The summed E-state index contributed by atoms with van der Waals surface area (Å²) in [6, 6.07) is 12.4. The third-order valence-electron chi connectivity index (χ3n) is 3.16. The largest absolute Gasteiger partial charge is 0.488 e. The summed E-state index contributed by atoms with van der Waals surface area (Å²) in [4.78, 5) is 0. The summed E-state index contributed by atoms with van der Waals surface area (Å²) in [5.41, 5.74) is 1.56. The molecule has 118 valence electrons. The lowest BCUT2D eigenvalue weighted by Crippen LogP contribution is -2.19. The van der Waals surface area contributed by atoms with Gasteiger partial charge in [-0.3, -0.25) is 0 Å². The second kappa shape index (κ2) is 8.88. The fourth-order valence-corrected chi connectivity index (χ4v) is 2.40. The molecule has 0 aliphatic carbocycles. The minimum absolute atomic E-state index is 0.208. The van der Waals surface area contributed by atoms with E-state index in [2.05, 4.69) is 21.2 Å². The van der Waals surface area contributed by atoms with E-state index in [4.69, 9.17) is 9.47 Å². The number of nitrogens with one attached hydrogen (secondary N) is 1. The van der Waals surface area contributed by atoms with E-state index in [9.17, 15) is 4.39 Å². The Bertz CT molecular complexity index is 607. The SMILES string of the molecule is COCCNCc1cc(Br)ccc1OCc1ccccc1F. The summed E-state index contributed by atoms with van der Waals surface area (Å²) < 4.78 is 25.4. The van der Waals surface area contributed by atoms with E-state index < -0.39 is 0 Å². The van der Waals surface area contributed by atoms with Crippen molar-refractivity contribution in [1.29, 1.82) is 0 Å². The summed E-state index contributed by atoms with van der Waals surface area (Å²) in [5.74, 6) is 0.496. The van der Waals surface area contributed by atoms with Crippen LogP contribution in [0.25, 0.3) is 0 Å². The molecule has 1 N–H and O–H groups in total. The monoisotopic (exact) mass is 367 g/mol. The van der Waals surface area contributed by atoms with Crippen LogP contribution in [-0.4, -0.2) is 20.3 Å². The molecule has 3 nitrogen and oxygen atoms in total. The molecule has 0 spiro atoms. The van der Waals surface area contributed by atoms with Gasteiger partial charge in [-0.05, 0) is 24.3 Å². The predicted octanol–water partition coefficient (Wildman–Crippen LogP) is 3.90. The maximum atomic E-state index is 13.6. The second-order valence-electron chi connectivity index (χ2n) is 4.80. The van der Waals surface area contributed by atoms with Crippen LogP contribution in [0.4, 0.5) is 4.39 Å². The lowest BCUT2D eigenvalue weighted by Gasteiger charge is -2.13. The Morgan fingerprint density at radius 3 is 2.73 bits per heavy atom. The molecule has 0 heterocycles. The van der Waals surface area contributed by atoms with Crippen LogP contribution in [0, 0.1) is 5.82 Å². The molecule has 2 aromatic carbocycles. The van der Waals surface area contributed by atoms with Gasteiger partial charge < -0.3 is 14.8 Å². The van der Waals surface area contributed by atoms with E-state index in [1.54, 1.807) is 25.3 Å². The summed E-state index contributed by atoms with van der Waals surface area (Å²) in [7, 11) is 1.67. The Kier molecular flexibility index (Phi) is 6.83. The van der Waals surface area contributed by atoms with Gasteiger partial charge in [0.15, 0.2) is 0 Å². The highest BCUT2D eigenvalue weighted by molar-refractivity contribution is 9.10. The predicted molar refractivity (Wildman–Crippen MR) is 88.5 cm³/mol. The number of halogens is 2. The quantitative estimate of drug-likeness (QED) is 0.717. The highest BCUT2D eigenvalue weighted by Gasteiger charge is 2.07. The summed E-state index contributed by atoms with van der Waals surface area (Å²) in [5, 5.41) is 3.28. The Hall–Kier alpha value is -1.43. The first-order chi connectivity index (χ1) is 10.7. The van der Waals surface area contributed by atoms with Gasteiger partial charge in [0.1, 0.15) is 18.2 Å². The van der Waals surface area contributed by atoms with E-state index in [0.29, 0.717) is 18.7 Å². The van der Waals surface area contributed by atoms with Crippen molar-refractivity contribution < 1.29 is 13.9 Å². The Labute approximate surface area is 138 Å². The Morgan fingerprint density at radius 1 is 1.14 bits per heavy atom. The van der Waals surface area contributed by atoms with Crippen LogP contribution in [-0.2, 0) is 17.9 Å². The maximum Gasteiger partial charge on any atom is 0.129 e. The minimum atomic E-state index is -0.251. The maximum absolute atomic E-state index is 13.6. The van der Waals surface area contributed by atoms with Crippen LogP contribution >= 0.6 is 15.9 Å². The van der Waals surface area contributed by atoms with Crippen LogP contribution in [0.15, 0.2) is 46.9 Å². The zero-order valence-electron chi connectivity index (χ0n) is 12.4. The highest BCUT2D eigenvalue weighted by atomic mass is 79.9. The molecule has 0 unspecified atom stereocenters. The van der Waals surface area contributed by atoms with Gasteiger partial charge >= 0.3 is 0 Å². The standard InChI is InChI=1S/C17H19BrFNO2/c1-21-9-8-20-11-14-10-15(18)6-7-17(14)22-12-13-4-2-3-5-16(13)19/h2-7,10,20H,8-9,11-12H2,1H3. The molecule has 0 radical (unpaired) electrons. The smallest absolute Gasteiger partial charge is 0.129 e. The minimum Gasteiger partial charge on any atom is -0.488 e. The number of ether oxygens (including phenoxy) is 2. The van der Waals surface area contributed by atoms with Crippen molar-refractivity contribution in [1.82, 2.24) is 5.32 Å². The molecule has 0 aliphatic heterocycles. The number of methoxy groups -OCH3 is 1. The highest BCUT2D eigenvalue weighted by Crippen LogP contribution is 2.24. The number of hydrogen-bond acceptors (Lipinski definition) is 3. The van der Waals surface area contributed by atoms with Crippen LogP contribution in [0.5, 0.6) is 5.75 Å². The van der Waals surface area contributed by atoms with Crippen molar-refractivity contribution in [3.8, 4) is 5.75 Å². The average molecular weight is 368 g/mol. The van der Waals surface area contributed by atoms with Gasteiger partial charge in [-0.25, -0.2) is 4.39 Å². The van der Waals surface area contributed by atoms with Crippen LogP contribution in [0.2, 0.25) is 0 Å². The molecular weight excluding hydrogens is 349 g/mol. The molecule has 0 aromatic heterocycles. The molecule has 5 heteroatoms. The van der Waals surface area contributed by atoms with E-state index in [-0.39, 0.29) is 12.4 Å². The number of hydrogen-bond donors (Lipinski definition) is 1. The van der Waals surface area contributed by atoms with Gasteiger partial charge in [0.25, 0.3) is 0 Å². The Morgan fingerprint density at radius 2 is 1.95 bits per heavy atom. The van der Waals surface area contributed by atoms with Gasteiger partial charge in [-0.1, -0.05) is 34.1 Å². The molecular formula is C17H19BrFNO2. The van der Waals surface area contributed by atoms with Crippen molar-refractivity contribution in [3.05, 3.63) is 63.9 Å². The first-order valence-electron chi connectivity index (χ1n) is 7.05. The van der Waals surface area contributed by atoms with Crippen molar-refractivity contribution in [3.63, 3.8) is 0 Å². The number of benzene rings is 2. The third-order valence-corrected chi connectivity index (χ3v) is 3.66. The van der Waals surface area contributed by atoms with Crippen LogP contribution in [0.3, 0.4) is 0 Å². The molecule has 0 aliphatic rings. The summed E-state index contributed by atoms with van der Waals surface area (Å²) in [6.07, 6.45) is 0. The topological polar surface area (TPSA) is 30.5 Å². The average Bonchev–Trinajstić information content (AvgIpc) is 2.52. The Balaban J connectivity index is 2.01. The van der Waals surface area contributed by atoms with Gasteiger partial charge in [0, 0.05) is 35.8 Å². The molecule has 22 heavy (non-hydrogen) atoms. The summed E-state index contributed by atoms with van der Waals surface area (Å²) >= 11 is 3.46. The molecule has 2 rings (SSSR count). The first-order valence-corrected chi connectivity index (χ1v) is 7.84. The molecule has 0 atom stereocenters. The van der Waals surface area contributed by atoms with Crippen LogP contribution < -0.4 is 10.1 Å². The third kappa shape index (κ3) is 5.09. The number of rotatable bonds is 8. The van der Waals surface area contributed by atoms with Crippen molar-refractivity contribution >= 4 is 15.9 Å². The van der Waals surface area contributed by atoms with Gasteiger partial charge in [0.05, 0.1) is 6.61 Å². The van der Waals surface area contributed by atoms with Crippen LogP contribution in [0.1, 0.15) is 11.1 Å². The van der Waals surface area contributed by atoms with Crippen molar-refractivity contribution in [2.45, 2.75) is 13.2 Å². The first kappa shape index (κ1) is 16.9. The second-order valence-corrected chi connectivity index (χ2v) is 5.72. The normalized spacial score (nSPS) is 10.7. The molecule has 0 fully saturated rings. The molecule has 0 saturated carbocycles. The molecule has 0 amide bonds. The fourth-order valence-electron chi connectivity index (χ4n) is 2.00. The molecule has 0 bridgehead atoms. The van der Waals surface area contributed by atoms with Gasteiger partial charge in [-0.15, -0.1) is 0 Å². The van der Waals surface area contributed by atoms with E-state index in [0.717, 1.165) is 22.3 Å². The molecule has 2 aromatic rings. The van der Waals surface area contributed by atoms with Crippen molar-refractivity contribution in [2.24, 2.45) is 0 Å². The van der Waals surface area contributed by atoms with E-state index >= 15 is 0 Å². The summed E-state index contributed by atoms with van der Waals surface area (Å²) in [6.45, 7) is 2.28. The van der Waals surface area contributed by atoms with Gasteiger partial charge in [0.2, 0.25) is 0 Å².